The molecule has 9 N–H and O–H groups in total. The first kappa shape index (κ1) is 29.6. The highest BCUT2D eigenvalue weighted by molar-refractivity contribution is 7.89. The Bertz CT molecular complexity index is 887. The van der Waals surface area contributed by atoms with E-state index in [0.29, 0.717) is 24.3 Å². The highest BCUT2D eigenvalue weighted by atomic mass is 32.2. The molecule has 172 valence electrons. The molecule has 1 aliphatic heterocycles. The van der Waals surface area contributed by atoms with Crippen molar-refractivity contribution < 1.29 is 53.5 Å². The van der Waals surface area contributed by atoms with E-state index in [9.17, 15) is 27.6 Å². The molecule has 1 heterocycles. The molecule has 0 amide bonds. The van der Waals surface area contributed by atoms with Gasteiger partial charge in [-0.25, -0.2) is 32.7 Å². The van der Waals surface area contributed by atoms with E-state index in [0.717, 1.165) is 25.1 Å². The molecule has 0 aliphatic carbocycles. The zero-order valence-corrected chi connectivity index (χ0v) is 16.7. The first-order valence-electron chi connectivity index (χ1n) is 7.96. The first-order chi connectivity index (χ1) is 13.8. The van der Waals surface area contributed by atoms with Gasteiger partial charge in [-0.3, -0.25) is 0 Å². The summed E-state index contributed by atoms with van der Waals surface area (Å²) in [6.45, 7) is 1.67. The van der Waals surface area contributed by atoms with Crippen LogP contribution in [-0.2, 0) is 42.2 Å². The Morgan fingerprint density at radius 2 is 1.26 bits per heavy atom. The van der Waals surface area contributed by atoms with Crippen LogP contribution in [0.1, 0.15) is 11.1 Å². The van der Waals surface area contributed by atoms with Crippen LogP contribution >= 0.6 is 0 Å². The van der Waals surface area contributed by atoms with E-state index in [-0.39, 0.29) is 10.4 Å². The van der Waals surface area contributed by atoms with Gasteiger partial charge < -0.3 is 31.2 Å². The minimum atomic E-state index is -3.56. The molecule has 13 nitrogen and oxygen atoms in total. The number of hydrogen-bond acceptors (Lipinski definition) is 7. The van der Waals surface area contributed by atoms with Gasteiger partial charge in [0.25, 0.3) is 0 Å². The quantitative estimate of drug-likeness (QED) is 0.277. The maximum atomic E-state index is 11.1. The average Bonchev–Trinajstić information content (AvgIpc) is 2.64. The second-order valence-corrected chi connectivity index (χ2v) is 6.98. The summed E-state index contributed by atoms with van der Waals surface area (Å²) in [7, 11) is -3.56. The number of hydrogen-bond donors (Lipinski definition) is 6. The van der Waals surface area contributed by atoms with E-state index >= 15 is 0 Å². The summed E-state index contributed by atoms with van der Waals surface area (Å²) in [6, 6.07) is 5.06. The second kappa shape index (κ2) is 14.4. The number of benzene rings is 1. The Balaban J connectivity index is 0. The van der Waals surface area contributed by atoms with E-state index in [2.05, 4.69) is 5.32 Å². The van der Waals surface area contributed by atoms with Crippen molar-refractivity contribution in [1.29, 1.82) is 0 Å². The summed E-state index contributed by atoms with van der Waals surface area (Å²) < 4.78 is 22.2. The van der Waals surface area contributed by atoms with Crippen molar-refractivity contribution >= 4 is 33.9 Å². The van der Waals surface area contributed by atoms with E-state index < -0.39 is 33.9 Å². The van der Waals surface area contributed by atoms with Crippen molar-refractivity contribution in [3.8, 4) is 0 Å². The molecule has 1 aromatic carbocycles. The van der Waals surface area contributed by atoms with Crippen molar-refractivity contribution in [3.05, 3.63) is 53.6 Å². The van der Waals surface area contributed by atoms with Crippen LogP contribution in [0.15, 0.2) is 47.4 Å². The zero-order valence-electron chi connectivity index (χ0n) is 15.9. The van der Waals surface area contributed by atoms with Crippen LogP contribution < -0.4 is 10.5 Å². The Labute approximate surface area is 176 Å². The van der Waals surface area contributed by atoms with Crippen LogP contribution in [0.5, 0.6) is 0 Å². The van der Waals surface area contributed by atoms with Gasteiger partial charge in [0.05, 0.1) is 4.90 Å². The number of sulfonamides is 1. The molecule has 0 fully saturated rings. The minimum absolute atomic E-state index is 0. The molecule has 0 saturated heterocycles. The monoisotopic (exact) mass is 462 g/mol. The van der Waals surface area contributed by atoms with Crippen molar-refractivity contribution in [2.45, 2.75) is 17.9 Å². The summed E-state index contributed by atoms with van der Waals surface area (Å²) in [4.78, 5) is 38.4. The molecule has 31 heavy (non-hydrogen) atoms. The van der Waals surface area contributed by atoms with Crippen molar-refractivity contribution in [1.82, 2.24) is 5.32 Å². The number of aliphatic carboxylic acids is 4. The highest BCUT2D eigenvalue weighted by Crippen LogP contribution is 2.17. The summed E-state index contributed by atoms with van der Waals surface area (Å²) >= 11 is 0. The number of carboxylic acids is 4. The van der Waals surface area contributed by atoms with Crippen LogP contribution in [-0.4, -0.2) is 64.7 Å². The lowest BCUT2D eigenvalue weighted by atomic mass is 10.0. The summed E-state index contributed by atoms with van der Waals surface area (Å²) in [5, 5.41) is 39.5. The fraction of sp³-hybridized carbons (Fsp3) is 0.176. The number of primary sulfonamides is 1. The number of rotatable bonds is 5. The second-order valence-electron chi connectivity index (χ2n) is 5.42. The molecule has 1 aliphatic rings. The van der Waals surface area contributed by atoms with Crippen molar-refractivity contribution in [3.63, 3.8) is 0 Å². The lowest BCUT2D eigenvalue weighted by molar-refractivity contribution is -0.134. The smallest absolute Gasteiger partial charge is 0.328 e. The molecule has 0 aromatic heterocycles. The summed E-state index contributed by atoms with van der Waals surface area (Å²) in [6.07, 6.45) is 3.18. The van der Waals surface area contributed by atoms with E-state index in [1.807, 2.05) is 6.07 Å². The van der Waals surface area contributed by atoms with E-state index in [4.69, 9.17) is 25.6 Å². The molecule has 1 aromatic rings. The molecule has 0 spiro atoms. The maximum absolute atomic E-state index is 11.1. The number of carbonyl (C=O) groups is 4. The molecular weight excluding hydrogens is 440 g/mol. The lowest BCUT2D eigenvalue weighted by Gasteiger charge is -2.17. The van der Waals surface area contributed by atoms with Crippen LogP contribution in [0.2, 0.25) is 0 Å². The normalized spacial score (nSPS) is 12.3. The van der Waals surface area contributed by atoms with Gasteiger partial charge in [-0.05, 0) is 36.2 Å². The van der Waals surface area contributed by atoms with Crippen LogP contribution in [0.3, 0.4) is 0 Å². The van der Waals surface area contributed by atoms with E-state index in [1.165, 1.54) is 5.56 Å². The number of carboxylic acid groups (broad SMARTS) is 4. The Hall–Kier alpha value is -3.59. The fourth-order valence-corrected chi connectivity index (χ4v) is 2.48. The van der Waals surface area contributed by atoms with Gasteiger partial charge in [-0.1, -0.05) is 6.07 Å². The van der Waals surface area contributed by atoms with Gasteiger partial charge in [0.15, 0.2) is 0 Å². The fourth-order valence-electron chi connectivity index (χ4n) is 1.92. The summed E-state index contributed by atoms with van der Waals surface area (Å²) in [5.41, 5.74) is 2.24. The first-order valence-corrected chi connectivity index (χ1v) is 9.50. The van der Waals surface area contributed by atoms with Gasteiger partial charge in [-0.2, -0.15) is 0 Å². The molecule has 0 unspecified atom stereocenters. The van der Waals surface area contributed by atoms with Gasteiger partial charge in [0.2, 0.25) is 10.0 Å². The molecular formula is C17H22N2O11S. The molecule has 0 bridgehead atoms. The average molecular weight is 462 g/mol. The van der Waals surface area contributed by atoms with Gasteiger partial charge in [0.1, 0.15) is 0 Å². The zero-order chi connectivity index (χ0) is 23.3. The highest BCUT2D eigenvalue weighted by Gasteiger charge is 2.13. The largest absolute Gasteiger partial charge is 0.478 e. The molecule has 2 rings (SSSR count). The Morgan fingerprint density at radius 3 is 1.61 bits per heavy atom. The SMILES string of the molecule is NS(=O)(=O)c1ccc2c(c1)CNCC2.O.O=C(O)C=CC(=O)O.O=C(O)C=CC(=O)O. The molecule has 14 heteroatoms. The number of nitrogens with two attached hydrogens (primary N) is 1. The third kappa shape index (κ3) is 15.0. The number of fused-ring (bicyclic) bond motifs is 1. The Kier molecular flexibility index (Phi) is 13.8. The van der Waals surface area contributed by atoms with Crippen LogP contribution in [0, 0.1) is 0 Å². The van der Waals surface area contributed by atoms with E-state index in [1.54, 1.807) is 12.1 Å². The molecule has 0 saturated carbocycles. The third-order valence-electron chi connectivity index (χ3n) is 3.13. The minimum Gasteiger partial charge on any atom is -0.478 e. The van der Waals surface area contributed by atoms with Crippen molar-refractivity contribution in [2.75, 3.05) is 6.54 Å². The van der Waals surface area contributed by atoms with Crippen LogP contribution in [0.4, 0.5) is 0 Å². The molecule has 0 atom stereocenters. The predicted molar refractivity (Wildman–Crippen MR) is 106 cm³/mol. The third-order valence-corrected chi connectivity index (χ3v) is 4.04. The lowest BCUT2D eigenvalue weighted by Crippen LogP contribution is -2.24. The van der Waals surface area contributed by atoms with Crippen molar-refractivity contribution in [2.24, 2.45) is 5.14 Å². The molecule has 0 radical (unpaired) electrons. The standard InChI is InChI=1S/C9H12N2O2S.2C4H4O4.H2O/c10-14(12,13)9-2-1-7-3-4-11-6-8(7)5-9;2*5-3(6)1-2-4(7)8;/h1-2,5,11H,3-4,6H2,(H2,10,12,13);2*1-2H,(H,5,6)(H,7,8);1H2. The van der Waals surface area contributed by atoms with Gasteiger partial charge >= 0.3 is 23.9 Å². The Morgan fingerprint density at radius 1 is 0.839 bits per heavy atom. The van der Waals surface area contributed by atoms with Gasteiger partial charge in [-0.15, -0.1) is 0 Å². The summed E-state index contributed by atoms with van der Waals surface area (Å²) in [5.74, 6) is -5.03. The number of nitrogens with one attached hydrogen (secondary N) is 1. The topological polar surface area (TPSA) is 253 Å². The van der Waals surface area contributed by atoms with Crippen LogP contribution in [0.25, 0.3) is 0 Å². The maximum Gasteiger partial charge on any atom is 0.328 e. The van der Waals surface area contributed by atoms with Gasteiger partial charge in [0, 0.05) is 30.8 Å². The predicted octanol–water partition coefficient (Wildman–Crippen LogP) is -1.42.